The molecule has 1 fully saturated rings. The third-order valence-electron chi connectivity index (χ3n) is 4.44. The summed E-state index contributed by atoms with van der Waals surface area (Å²) in [6.45, 7) is 2.69. The molecule has 3 rings (SSSR count). The number of hydrogen-bond acceptors (Lipinski definition) is 5. The van der Waals surface area contributed by atoms with Crippen molar-refractivity contribution in [2.24, 2.45) is 7.05 Å². The Morgan fingerprint density at radius 1 is 1.35 bits per heavy atom. The molecule has 0 spiro atoms. The van der Waals surface area contributed by atoms with E-state index in [0.717, 1.165) is 36.9 Å². The summed E-state index contributed by atoms with van der Waals surface area (Å²) in [6.07, 6.45) is 3.16. The van der Waals surface area contributed by atoms with Crippen LogP contribution in [0.1, 0.15) is 30.1 Å². The SMILES string of the molecule is Cl.Cn1c(SCC(=O)NCCc2ccccc2)nnc1C1CCCNC1. The van der Waals surface area contributed by atoms with Crippen molar-refractivity contribution in [3.63, 3.8) is 0 Å². The minimum Gasteiger partial charge on any atom is -0.355 e. The van der Waals surface area contributed by atoms with Crippen molar-refractivity contribution in [1.29, 1.82) is 0 Å². The van der Waals surface area contributed by atoms with Crippen molar-refractivity contribution in [2.75, 3.05) is 25.4 Å². The van der Waals surface area contributed by atoms with Crippen LogP contribution < -0.4 is 10.6 Å². The van der Waals surface area contributed by atoms with Crippen LogP contribution in [0.3, 0.4) is 0 Å². The van der Waals surface area contributed by atoms with Crippen molar-refractivity contribution in [3.05, 3.63) is 41.7 Å². The number of nitrogens with one attached hydrogen (secondary N) is 2. The van der Waals surface area contributed by atoms with Gasteiger partial charge in [0.25, 0.3) is 0 Å². The van der Waals surface area contributed by atoms with Gasteiger partial charge in [0, 0.05) is 26.1 Å². The predicted molar refractivity (Wildman–Crippen MR) is 107 cm³/mol. The normalized spacial score (nSPS) is 16.7. The van der Waals surface area contributed by atoms with Crippen LogP contribution in [-0.4, -0.2) is 46.1 Å². The highest BCUT2D eigenvalue weighted by atomic mass is 35.5. The minimum atomic E-state index is 0. The lowest BCUT2D eigenvalue weighted by Crippen LogP contribution is -2.30. The van der Waals surface area contributed by atoms with Gasteiger partial charge in [-0.3, -0.25) is 4.79 Å². The molecule has 6 nitrogen and oxygen atoms in total. The maximum Gasteiger partial charge on any atom is 0.230 e. The van der Waals surface area contributed by atoms with Gasteiger partial charge in [-0.1, -0.05) is 42.1 Å². The number of piperidine rings is 1. The second-order valence-corrected chi connectivity index (χ2v) is 7.26. The number of halogens is 1. The largest absolute Gasteiger partial charge is 0.355 e. The molecule has 0 bridgehead atoms. The molecular formula is C18H26ClN5OS. The molecule has 1 aromatic carbocycles. The Labute approximate surface area is 164 Å². The first-order valence-electron chi connectivity index (χ1n) is 8.77. The number of nitrogens with zero attached hydrogens (tertiary/aromatic N) is 3. The Balaban J connectivity index is 0.00000243. The average Bonchev–Trinajstić information content (AvgIpc) is 3.02. The summed E-state index contributed by atoms with van der Waals surface area (Å²) >= 11 is 1.44. The van der Waals surface area contributed by atoms with E-state index < -0.39 is 0 Å². The van der Waals surface area contributed by atoms with Gasteiger partial charge in [0.05, 0.1) is 5.75 Å². The van der Waals surface area contributed by atoms with Gasteiger partial charge in [-0.05, 0) is 31.4 Å². The van der Waals surface area contributed by atoms with Gasteiger partial charge in [-0.2, -0.15) is 0 Å². The van der Waals surface area contributed by atoms with E-state index in [4.69, 9.17) is 0 Å². The van der Waals surface area contributed by atoms with E-state index in [9.17, 15) is 4.79 Å². The molecule has 2 heterocycles. The summed E-state index contributed by atoms with van der Waals surface area (Å²) in [4.78, 5) is 12.0. The van der Waals surface area contributed by atoms with Crippen molar-refractivity contribution < 1.29 is 4.79 Å². The molecule has 0 aliphatic carbocycles. The Bertz CT molecular complexity index is 688. The van der Waals surface area contributed by atoms with Crippen LogP contribution in [0.5, 0.6) is 0 Å². The molecule has 26 heavy (non-hydrogen) atoms. The van der Waals surface area contributed by atoms with Gasteiger partial charge in [-0.15, -0.1) is 22.6 Å². The molecule has 1 amide bonds. The van der Waals surface area contributed by atoms with Gasteiger partial charge >= 0.3 is 0 Å². The molecule has 0 saturated carbocycles. The topological polar surface area (TPSA) is 71.8 Å². The molecule has 0 radical (unpaired) electrons. The third-order valence-corrected chi connectivity index (χ3v) is 5.46. The van der Waals surface area contributed by atoms with Crippen LogP contribution in [0, 0.1) is 0 Å². The molecule has 1 aliphatic heterocycles. The van der Waals surface area contributed by atoms with E-state index in [-0.39, 0.29) is 18.3 Å². The number of hydrogen-bond donors (Lipinski definition) is 2. The van der Waals surface area contributed by atoms with Crippen LogP contribution in [-0.2, 0) is 18.3 Å². The fourth-order valence-corrected chi connectivity index (χ4v) is 3.80. The summed E-state index contributed by atoms with van der Waals surface area (Å²) in [6, 6.07) is 10.2. The van der Waals surface area contributed by atoms with Crippen molar-refractivity contribution >= 4 is 30.1 Å². The number of aromatic nitrogens is 3. The molecule has 142 valence electrons. The first-order chi connectivity index (χ1) is 12.2. The van der Waals surface area contributed by atoms with Crippen LogP contribution in [0.2, 0.25) is 0 Å². The fraction of sp³-hybridized carbons (Fsp3) is 0.500. The van der Waals surface area contributed by atoms with E-state index in [1.807, 2.05) is 29.8 Å². The number of rotatable bonds is 7. The fourth-order valence-electron chi connectivity index (χ4n) is 3.05. The lowest BCUT2D eigenvalue weighted by atomic mass is 9.99. The van der Waals surface area contributed by atoms with Crippen molar-refractivity contribution in [1.82, 2.24) is 25.4 Å². The molecule has 8 heteroatoms. The first kappa shape index (κ1) is 20.7. The highest BCUT2D eigenvalue weighted by molar-refractivity contribution is 7.99. The average molecular weight is 396 g/mol. The second kappa shape index (κ2) is 10.5. The standard InChI is InChI=1S/C18H25N5OS.ClH/c1-23-17(15-8-5-10-19-12-15)21-22-18(23)25-13-16(24)20-11-9-14-6-3-2-4-7-14;/h2-4,6-7,15,19H,5,8-13H2,1H3,(H,20,24);1H. The minimum absolute atomic E-state index is 0. The molecule has 1 atom stereocenters. The summed E-state index contributed by atoms with van der Waals surface area (Å²) < 4.78 is 2.03. The Kier molecular flexibility index (Phi) is 8.41. The van der Waals surface area contributed by atoms with Crippen LogP contribution in [0.25, 0.3) is 0 Å². The van der Waals surface area contributed by atoms with Crippen LogP contribution in [0.4, 0.5) is 0 Å². The second-order valence-electron chi connectivity index (χ2n) is 6.32. The number of thioether (sulfide) groups is 1. The molecule has 1 unspecified atom stereocenters. The number of benzene rings is 1. The summed E-state index contributed by atoms with van der Waals surface area (Å²) in [7, 11) is 1.99. The Hall–Kier alpha value is -1.57. The Morgan fingerprint density at radius 3 is 2.88 bits per heavy atom. The zero-order valence-electron chi connectivity index (χ0n) is 15.0. The zero-order chi connectivity index (χ0) is 17.5. The third kappa shape index (κ3) is 5.72. The molecule has 2 N–H and O–H groups in total. The van der Waals surface area contributed by atoms with Crippen LogP contribution in [0.15, 0.2) is 35.5 Å². The number of amides is 1. The van der Waals surface area contributed by atoms with Crippen molar-refractivity contribution in [2.45, 2.75) is 30.3 Å². The molecule has 2 aromatic rings. The lowest BCUT2D eigenvalue weighted by Gasteiger charge is -2.21. The maximum atomic E-state index is 12.0. The number of carbonyl (C=O) groups excluding carboxylic acids is 1. The monoisotopic (exact) mass is 395 g/mol. The van der Waals surface area contributed by atoms with E-state index >= 15 is 0 Å². The Morgan fingerprint density at radius 2 is 2.15 bits per heavy atom. The number of carbonyl (C=O) groups is 1. The zero-order valence-corrected chi connectivity index (χ0v) is 16.6. The van der Waals surface area contributed by atoms with Gasteiger partial charge in [0.2, 0.25) is 5.91 Å². The molecule has 1 aromatic heterocycles. The molecule has 1 aliphatic rings. The summed E-state index contributed by atoms with van der Waals surface area (Å²) in [5.41, 5.74) is 1.23. The predicted octanol–water partition coefficient (Wildman–Crippen LogP) is 2.15. The van der Waals surface area contributed by atoms with Gasteiger partial charge in [0.1, 0.15) is 5.82 Å². The van der Waals surface area contributed by atoms with Gasteiger partial charge in [0.15, 0.2) is 5.16 Å². The first-order valence-corrected chi connectivity index (χ1v) is 9.76. The van der Waals surface area contributed by atoms with E-state index in [1.165, 1.54) is 23.7 Å². The van der Waals surface area contributed by atoms with Crippen LogP contribution >= 0.6 is 24.2 Å². The molecule has 1 saturated heterocycles. The quantitative estimate of drug-likeness (QED) is 0.703. The van der Waals surface area contributed by atoms with E-state index in [0.29, 0.717) is 18.2 Å². The lowest BCUT2D eigenvalue weighted by molar-refractivity contribution is -0.118. The van der Waals surface area contributed by atoms with Gasteiger partial charge < -0.3 is 15.2 Å². The van der Waals surface area contributed by atoms with E-state index in [2.05, 4.69) is 33.0 Å². The van der Waals surface area contributed by atoms with E-state index in [1.54, 1.807) is 0 Å². The van der Waals surface area contributed by atoms with Crippen molar-refractivity contribution in [3.8, 4) is 0 Å². The maximum absolute atomic E-state index is 12.0. The highest BCUT2D eigenvalue weighted by Gasteiger charge is 2.21. The molecular weight excluding hydrogens is 370 g/mol. The highest BCUT2D eigenvalue weighted by Crippen LogP contribution is 2.24. The van der Waals surface area contributed by atoms with Gasteiger partial charge in [-0.25, -0.2) is 0 Å². The summed E-state index contributed by atoms with van der Waals surface area (Å²) in [5, 5.41) is 15.8. The smallest absolute Gasteiger partial charge is 0.230 e. The summed E-state index contributed by atoms with van der Waals surface area (Å²) in [5.74, 6) is 1.83.